The Morgan fingerprint density at radius 1 is 1.50 bits per heavy atom. The molecule has 3 N–H and O–H groups in total. The van der Waals surface area contributed by atoms with Crippen LogP contribution < -0.4 is 5.32 Å². The Balaban J connectivity index is 0. The molecule has 0 saturated carbocycles. The smallest absolute Gasteiger partial charge is 0.0687 e. The highest BCUT2D eigenvalue weighted by Gasteiger charge is 2.08. The molecule has 10 heavy (non-hydrogen) atoms. The minimum atomic E-state index is -0.481. The molecular formula is C5H13I2NO2. The van der Waals surface area contributed by atoms with Crippen molar-refractivity contribution >= 4 is 37.2 Å². The van der Waals surface area contributed by atoms with Crippen molar-refractivity contribution in [2.75, 3.05) is 13.7 Å². The lowest BCUT2D eigenvalue weighted by Crippen LogP contribution is -2.38. The number of hydrogen-bond acceptors (Lipinski definition) is 3. The van der Waals surface area contributed by atoms with Crippen LogP contribution in [0.1, 0.15) is 6.92 Å². The van der Waals surface area contributed by atoms with Gasteiger partial charge in [0.25, 0.3) is 0 Å². The maximum absolute atomic E-state index is 8.79. The van der Waals surface area contributed by atoms with Gasteiger partial charge in [-0.25, -0.2) is 0 Å². The van der Waals surface area contributed by atoms with Crippen molar-refractivity contribution in [3.8, 4) is 0 Å². The Bertz CT molecular complexity index is 59.6. The molecule has 0 rings (SSSR count). The van der Waals surface area contributed by atoms with Crippen molar-refractivity contribution in [2.24, 2.45) is 0 Å². The third-order valence-corrected chi connectivity index (χ3v) is 1.15. The van der Waals surface area contributed by atoms with Gasteiger partial charge >= 0.3 is 0 Å². The standard InChI is InChI=1S/C5H13NO2.I2/c1-4(8)5(3-7)6-2;1-2/h4-8H,3H2,1-2H3;. The molecule has 5 heteroatoms. The number of halogens is 2. The van der Waals surface area contributed by atoms with Crippen LogP contribution in [0.4, 0.5) is 0 Å². The summed E-state index contributed by atoms with van der Waals surface area (Å²) in [6.07, 6.45) is -0.481. The summed E-state index contributed by atoms with van der Waals surface area (Å²) < 4.78 is 0. The molecule has 0 aliphatic carbocycles. The molecule has 0 amide bonds. The molecular weight excluding hydrogens is 360 g/mol. The first-order valence-corrected chi connectivity index (χ1v) is 9.11. The lowest BCUT2D eigenvalue weighted by molar-refractivity contribution is 0.108. The molecule has 2 unspecified atom stereocenters. The molecule has 0 aliphatic heterocycles. The molecule has 3 nitrogen and oxygen atoms in total. The Morgan fingerprint density at radius 3 is 1.90 bits per heavy atom. The molecule has 0 aromatic heterocycles. The summed E-state index contributed by atoms with van der Waals surface area (Å²) >= 11 is 4.24. The van der Waals surface area contributed by atoms with Crippen LogP contribution >= 0.6 is 37.2 Å². The van der Waals surface area contributed by atoms with Crippen molar-refractivity contribution in [3.63, 3.8) is 0 Å². The molecule has 0 saturated heterocycles. The SMILES string of the molecule is CNC(CO)C(C)O.II. The zero-order chi connectivity index (χ0) is 8.57. The van der Waals surface area contributed by atoms with E-state index < -0.39 is 6.10 Å². The zero-order valence-electron chi connectivity index (χ0n) is 6.01. The quantitative estimate of drug-likeness (QED) is 0.640. The van der Waals surface area contributed by atoms with Gasteiger partial charge in [0.1, 0.15) is 0 Å². The second kappa shape index (κ2) is 10.3. The minimum Gasteiger partial charge on any atom is -0.395 e. The van der Waals surface area contributed by atoms with Gasteiger partial charge in [-0.1, -0.05) is 0 Å². The van der Waals surface area contributed by atoms with E-state index in [4.69, 9.17) is 10.2 Å². The third-order valence-electron chi connectivity index (χ3n) is 1.15. The van der Waals surface area contributed by atoms with Crippen molar-refractivity contribution in [3.05, 3.63) is 0 Å². The number of nitrogens with one attached hydrogen (secondary N) is 1. The van der Waals surface area contributed by atoms with Gasteiger partial charge < -0.3 is 15.5 Å². The predicted octanol–water partition coefficient (Wildman–Crippen LogP) is 0.719. The summed E-state index contributed by atoms with van der Waals surface area (Å²) in [4.78, 5) is 0. The van der Waals surface area contributed by atoms with Gasteiger partial charge in [-0.05, 0) is 14.0 Å². The van der Waals surface area contributed by atoms with Crippen LogP contribution in [-0.2, 0) is 0 Å². The van der Waals surface area contributed by atoms with E-state index in [2.05, 4.69) is 42.5 Å². The summed E-state index contributed by atoms with van der Waals surface area (Å²) in [6.45, 7) is 1.62. The Labute approximate surface area is 84.9 Å². The molecule has 2 atom stereocenters. The number of likely N-dealkylation sites (N-methyl/N-ethyl adjacent to an activating group) is 1. The Morgan fingerprint density at radius 2 is 1.90 bits per heavy atom. The first-order valence-electron chi connectivity index (χ1n) is 2.82. The second-order valence-corrected chi connectivity index (χ2v) is 1.82. The average Bonchev–Trinajstić information content (AvgIpc) is 1.94. The Hall–Kier alpha value is 1.34. The van der Waals surface area contributed by atoms with E-state index in [1.165, 1.54) is 0 Å². The molecule has 0 aromatic rings. The van der Waals surface area contributed by atoms with Crippen molar-refractivity contribution in [1.82, 2.24) is 5.32 Å². The van der Waals surface area contributed by atoms with E-state index >= 15 is 0 Å². The number of aliphatic hydroxyl groups is 2. The highest BCUT2D eigenvalue weighted by Crippen LogP contribution is 1.89. The molecule has 0 bridgehead atoms. The summed E-state index contributed by atoms with van der Waals surface area (Å²) in [7, 11) is 1.70. The van der Waals surface area contributed by atoms with Gasteiger partial charge in [-0.15, -0.1) is 0 Å². The van der Waals surface area contributed by atoms with Crippen LogP contribution in [0.5, 0.6) is 0 Å². The maximum atomic E-state index is 8.79. The van der Waals surface area contributed by atoms with Crippen molar-refractivity contribution in [1.29, 1.82) is 0 Å². The lowest BCUT2D eigenvalue weighted by atomic mass is 10.2. The fourth-order valence-electron chi connectivity index (χ4n) is 0.485. The van der Waals surface area contributed by atoms with Gasteiger partial charge in [-0.3, -0.25) is 0 Å². The van der Waals surface area contributed by atoms with E-state index in [-0.39, 0.29) is 12.6 Å². The monoisotopic (exact) mass is 373 g/mol. The fourth-order valence-corrected chi connectivity index (χ4v) is 0.485. The van der Waals surface area contributed by atoms with Crippen molar-refractivity contribution in [2.45, 2.75) is 19.1 Å². The second-order valence-electron chi connectivity index (χ2n) is 1.82. The van der Waals surface area contributed by atoms with Crippen molar-refractivity contribution < 1.29 is 10.2 Å². The fraction of sp³-hybridized carbons (Fsp3) is 1.00. The maximum Gasteiger partial charge on any atom is 0.0687 e. The van der Waals surface area contributed by atoms with E-state index in [1.54, 1.807) is 14.0 Å². The third kappa shape index (κ3) is 7.45. The van der Waals surface area contributed by atoms with Gasteiger partial charge in [-0.2, -0.15) is 0 Å². The molecule has 0 radical (unpaired) electrons. The van der Waals surface area contributed by atoms with Crippen LogP contribution in [0.15, 0.2) is 0 Å². The summed E-state index contributed by atoms with van der Waals surface area (Å²) in [5.41, 5.74) is 0. The lowest BCUT2D eigenvalue weighted by Gasteiger charge is -2.14. The molecule has 0 fully saturated rings. The molecule has 0 aliphatic rings. The zero-order valence-corrected chi connectivity index (χ0v) is 10.3. The van der Waals surface area contributed by atoms with Crippen LogP contribution in [0.3, 0.4) is 0 Å². The predicted molar refractivity (Wildman–Crippen MR) is 59.7 cm³/mol. The summed E-state index contributed by atoms with van der Waals surface area (Å²) in [5.74, 6) is 0. The minimum absolute atomic E-state index is 0.0197. The highest BCUT2D eigenvalue weighted by molar-refractivity contribution is 15.0. The van der Waals surface area contributed by atoms with Crippen LogP contribution in [-0.4, -0.2) is 36.0 Å². The summed E-state index contributed by atoms with van der Waals surface area (Å²) in [5, 5.41) is 20.0. The van der Waals surface area contributed by atoms with Crippen LogP contribution in [0.2, 0.25) is 0 Å². The number of aliphatic hydroxyl groups excluding tert-OH is 2. The Kier molecular flexibility index (Phi) is 14.4. The number of rotatable bonds is 3. The molecule has 0 heterocycles. The van der Waals surface area contributed by atoms with Crippen LogP contribution in [0, 0.1) is 0 Å². The molecule has 0 spiro atoms. The van der Waals surface area contributed by atoms with Gasteiger partial charge in [0.05, 0.1) is 18.8 Å². The first kappa shape index (κ1) is 13.9. The topological polar surface area (TPSA) is 52.5 Å². The van der Waals surface area contributed by atoms with Crippen LogP contribution in [0.25, 0.3) is 0 Å². The number of hydrogen-bond donors (Lipinski definition) is 3. The van der Waals surface area contributed by atoms with E-state index in [0.29, 0.717) is 0 Å². The largest absolute Gasteiger partial charge is 0.395 e. The first-order chi connectivity index (χ1) is 4.72. The average molecular weight is 373 g/mol. The highest BCUT2D eigenvalue weighted by atomic mass is 128. The van der Waals surface area contributed by atoms with Gasteiger partial charge in [0.15, 0.2) is 0 Å². The summed E-state index contributed by atoms with van der Waals surface area (Å²) in [6, 6.07) is -0.185. The van der Waals surface area contributed by atoms with E-state index in [0.717, 1.165) is 0 Å². The van der Waals surface area contributed by atoms with E-state index in [9.17, 15) is 0 Å². The molecule has 64 valence electrons. The van der Waals surface area contributed by atoms with Gasteiger partial charge in [0, 0.05) is 37.2 Å². The molecule has 0 aromatic carbocycles. The van der Waals surface area contributed by atoms with E-state index in [1.807, 2.05) is 0 Å². The van der Waals surface area contributed by atoms with Gasteiger partial charge in [0.2, 0.25) is 0 Å². The normalized spacial score (nSPS) is 15.0.